The van der Waals surface area contributed by atoms with E-state index in [0.717, 1.165) is 22.2 Å². The first-order valence-corrected chi connectivity index (χ1v) is 9.42. The van der Waals surface area contributed by atoms with Gasteiger partial charge in [0, 0.05) is 34.3 Å². The van der Waals surface area contributed by atoms with Gasteiger partial charge in [0.05, 0.1) is 11.0 Å². The monoisotopic (exact) mass is 356 g/mol. The maximum absolute atomic E-state index is 4.72. The third-order valence-electron chi connectivity index (χ3n) is 5.51. The number of pyridine rings is 2. The standard InChI is InChI=1S/C26H16N2/c1-3-7-21-17(5-1)9-11-25-23(21)13-19(15-27-25)20-14-24-22-8-4-2-6-18(22)10-12-26(24)28-16-20/h1-16H. The molecule has 0 atom stereocenters. The van der Waals surface area contributed by atoms with E-state index < -0.39 is 0 Å². The fourth-order valence-electron chi connectivity index (χ4n) is 4.08. The van der Waals surface area contributed by atoms with Crippen molar-refractivity contribution in [1.29, 1.82) is 0 Å². The first-order chi connectivity index (χ1) is 13.9. The lowest BCUT2D eigenvalue weighted by Gasteiger charge is -2.09. The Bertz CT molecular complexity index is 1400. The first kappa shape index (κ1) is 15.3. The van der Waals surface area contributed by atoms with Crippen LogP contribution in [0.3, 0.4) is 0 Å². The Balaban J connectivity index is 1.63. The van der Waals surface area contributed by atoms with Crippen LogP contribution in [0.15, 0.2) is 97.3 Å². The third-order valence-corrected chi connectivity index (χ3v) is 5.51. The average Bonchev–Trinajstić information content (AvgIpc) is 2.78. The molecule has 2 aromatic heterocycles. The molecule has 0 saturated carbocycles. The SMILES string of the molecule is c1ccc2c(c1)ccc1ncc(-c3cnc4ccc5ccccc5c4c3)cc12. The summed E-state index contributed by atoms with van der Waals surface area (Å²) in [6, 6.07) is 29.8. The average molecular weight is 356 g/mol. The van der Waals surface area contributed by atoms with Gasteiger partial charge in [-0.2, -0.15) is 0 Å². The van der Waals surface area contributed by atoms with Gasteiger partial charge in [0.15, 0.2) is 0 Å². The van der Waals surface area contributed by atoms with Crippen LogP contribution in [0.5, 0.6) is 0 Å². The second kappa shape index (κ2) is 5.86. The molecule has 0 fully saturated rings. The van der Waals surface area contributed by atoms with Gasteiger partial charge in [-0.1, -0.05) is 60.7 Å². The highest BCUT2D eigenvalue weighted by Gasteiger charge is 2.07. The molecule has 0 amide bonds. The molecule has 0 unspecified atom stereocenters. The summed E-state index contributed by atoms with van der Waals surface area (Å²) in [6.45, 7) is 0. The molecule has 0 saturated heterocycles. The topological polar surface area (TPSA) is 25.8 Å². The minimum Gasteiger partial charge on any atom is -0.256 e. The van der Waals surface area contributed by atoms with Crippen LogP contribution >= 0.6 is 0 Å². The van der Waals surface area contributed by atoms with Gasteiger partial charge >= 0.3 is 0 Å². The predicted molar refractivity (Wildman–Crippen MR) is 117 cm³/mol. The largest absolute Gasteiger partial charge is 0.256 e. The van der Waals surface area contributed by atoms with E-state index in [1.807, 2.05) is 12.4 Å². The van der Waals surface area contributed by atoms with Gasteiger partial charge < -0.3 is 0 Å². The molecule has 0 aliphatic rings. The van der Waals surface area contributed by atoms with Crippen molar-refractivity contribution in [2.24, 2.45) is 0 Å². The minimum atomic E-state index is 1.02. The lowest BCUT2D eigenvalue weighted by molar-refractivity contribution is 1.38. The molecule has 6 rings (SSSR count). The molecule has 2 heterocycles. The van der Waals surface area contributed by atoms with E-state index in [4.69, 9.17) is 9.97 Å². The molecule has 0 spiro atoms. The lowest BCUT2D eigenvalue weighted by atomic mass is 9.99. The van der Waals surface area contributed by atoms with Crippen molar-refractivity contribution in [3.8, 4) is 11.1 Å². The minimum absolute atomic E-state index is 1.02. The Morgan fingerprint density at radius 1 is 0.429 bits per heavy atom. The third kappa shape index (κ3) is 2.28. The van der Waals surface area contributed by atoms with E-state index in [9.17, 15) is 0 Å². The summed E-state index contributed by atoms with van der Waals surface area (Å²) in [5, 5.41) is 7.28. The van der Waals surface area contributed by atoms with Gasteiger partial charge in [-0.15, -0.1) is 0 Å². The Kier molecular flexibility index (Phi) is 3.20. The van der Waals surface area contributed by atoms with Crippen LogP contribution in [0, 0.1) is 0 Å². The number of nitrogens with zero attached hydrogens (tertiary/aromatic N) is 2. The van der Waals surface area contributed by atoms with Gasteiger partial charge in [-0.05, 0) is 45.8 Å². The zero-order valence-corrected chi connectivity index (χ0v) is 15.1. The van der Waals surface area contributed by atoms with Crippen LogP contribution in [0.2, 0.25) is 0 Å². The quantitative estimate of drug-likeness (QED) is 0.304. The molecule has 0 N–H and O–H groups in total. The Labute approximate surface area is 162 Å². The summed E-state index contributed by atoms with van der Waals surface area (Å²) < 4.78 is 0. The van der Waals surface area contributed by atoms with Gasteiger partial charge in [0.1, 0.15) is 0 Å². The number of hydrogen-bond donors (Lipinski definition) is 0. The van der Waals surface area contributed by atoms with Crippen LogP contribution < -0.4 is 0 Å². The molecule has 130 valence electrons. The smallest absolute Gasteiger partial charge is 0.0708 e. The second-order valence-electron chi connectivity index (χ2n) is 7.15. The van der Waals surface area contributed by atoms with Crippen molar-refractivity contribution in [2.75, 3.05) is 0 Å². The van der Waals surface area contributed by atoms with Gasteiger partial charge in [-0.3, -0.25) is 9.97 Å². The van der Waals surface area contributed by atoms with E-state index in [-0.39, 0.29) is 0 Å². The van der Waals surface area contributed by atoms with Crippen molar-refractivity contribution in [3.63, 3.8) is 0 Å². The molecule has 0 bridgehead atoms. The summed E-state index contributed by atoms with van der Waals surface area (Å²) in [5.41, 5.74) is 4.21. The van der Waals surface area contributed by atoms with Crippen LogP contribution in [-0.2, 0) is 0 Å². The van der Waals surface area contributed by atoms with Crippen LogP contribution in [-0.4, -0.2) is 9.97 Å². The summed E-state index contributed by atoms with van der Waals surface area (Å²) in [6.07, 6.45) is 3.90. The van der Waals surface area contributed by atoms with Crippen molar-refractivity contribution in [1.82, 2.24) is 9.97 Å². The van der Waals surface area contributed by atoms with E-state index in [0.29, 0.717) is 0 Å². The fourth-order valence-corrected chi connectivity index (χ4v) is 4.08. The van der Waals surface area contributed by atoms with Crippen molar-refractivity contribution >= 4 is 43.4 Å². The zero-order chi connectivity index (χ0) is 18.5. The van der Waals surface area contributed by atoms with Crippen LogP contribution in [0.1, 0.15) is 0 Å². The molecular weight excluding hydrogens is 340 g/mol. The maximum atomic E-state index is 4.72. The number of benzene rings is 4. The molecule has 2 heteroatoms. The van der Waals surface area contributed by atoms with Crippen molar-refractivity contribution in [2.45, 2.75) is 0 Å². The number of rotatable bonds is 1. The maximum Gasteiger partial charge on any atom is 0.0708 e. The fraction of sp³-hybridized carbons (Fsp3) is 0. The van der Waals surface area contributed by atoms with Gasteiger partial charge in [0.2, 0.25) is 0 Å². The second-order valence-corrected chi connectivity index (χ2v) is 7.15. The predicted octanol–water partition coefficient (Wildman–Crippen LogP) is 6.76. The zero-order valence-electron chi connectivity index (χ0n) is 15.1. The van der Waals surface area contributed by atoms with Gasteiger partial charge in [0.25, 0.3) is 0 Å². The summed E-state index contributed by atoms with van der Waals surface area (Å²) in [7, 11) is 0. The normalized spacial score (nSPS) is 11.6. The first-order valence-electron chi connectivity index (χ1n) is 9.42. The van der Waals surface area contributed by atoms with Crippen LogP contribution in [0.4, 0.5) is 0 Å². The lowest BCUT2D eigenvalue weighted by Crippen LogP contribution is -1.87. The highest BCUT2D eigenvalue weighted by molar-refractivity contribution is 6.09. The van der Waals surface area contributed by atoms with Gasteiger partial charge in [-0.25, -0.2) is 0 Å². The van der Waals surface area contributed by atoms with E-state index in [1.54, 1.807) is 0 Å². The van der Waals surface area contributed by atoms with Crippen molar-refractivity contribution in [3.05, 3.63) is 97.3 Å². The number of fused-ring (bicyclic) bond motifs is 6. The van der Waals surface area contributed by atoms with E-state index in [2.05, 4.69) is 84.9 Å². The Morgan fingerprint density at radius 3 is 1.39 bits per heavy atom. The van der Waals surface area contributed by atoms with Crippen LogP contribution in [0.25, 0.3) is 54.5 Å². The summed E-state index contributed by atoms with van der Waals surface area (Å²) in [4.78, 5) is 9.44. The van der Waals surface area contributed by atoms with E-state index >= 15 is 0 Å². The molecule has 0 aliphatic heterocycles. The molecule has 6 aromatic rings. The molecule has 2 nitrogen and oxygen atoms in total. The summed E-state index contributed by atoms with van der Waals surface area (Å²) in [5.74, 6) is 0. The van der Waals surface area contributed by atoms with E-state index in [1.165, 1.54) is 32.3 Å². The highest BCUT2D eigenvalue weighted by Crippen LogP contribution is 2.31. The molecule has 0 aliphatic carbocycles. The summed E-state index contributed by atoms with van der Waals surface area (Å²) >= 11 is 0. The molecule has 0 radical (unpaired) electrons. The Hall–Kier alpha value is -3.78. The molecule has 4 aromatic carbocycles. The highest BCUT2D eigenvalue weighted by atomic mass is 14.7. The number of aromatic nitrogens is 2. The Morgan fingerprint density at radius 2 is 0.893 bits per heavy atom. The van der Waals surface area contributed by atoms with Crippen molar-refractivity contribution < 1.29 is 0 Å². The number of hydrogen-bond acceptors (Lipinski definition) is 2. The molecular formula is C26H16N2. The molecule has 28 heavy (non-hydrogen) atoms.